The molecule has 1 rings (SSSR count). The molecule has 1 aromatic heterocycles. The minimum atomic E-state index is -4.86. The fraction of sp³-hybridized carbons (Fsp3) is 0.286. The van der Waals surface area contributed by atoms with Crippen LogP contribution in [-0.2, 0) is 15.7 Å². The van der Waals surface area contributed by atoms with E-state index < -0.39 is 27.1 Å². The van der Waals surface area contributed by atoms with Gasteiger partial charge in [0, 0.05) is 6.07 Å². The van der Waals surface area contributed by atoms with E-state index >= 15 is 0 Å². The van der Waals surface area contributed by atoms with Crippen molar-refractivity contribution in [1.82, 2.24) is 0 Å². The van der Waals surface area contributed by atoms with Gasteiger partial charge in [-0.25, -0.2) is 4.57 Å². The van der Waals surface area contributed by atoms with E-state index in [0.717, 1.165) is 3.57 Å². The van der Waals surface area contributed by atoms with Crippen LogP contribution in [0.15, 0.2) is 24.5 Å². The number of nitrogens with zero attached hydrogens (tertiary/aromatic N) is 1. The third-order valence-corrected chi connectivity index (χ3v) is 6.30. The number of hydrogen-bond acceptors (Lipinski definition) is 2. The maximum absolute atomic E-state index is 11.1. The Morgan fingerprint density at radius 2 is 1.76 bits per heavy atom. The lowest BCUT2D eigenvalue weighted by atomic mass is 10.5. The van der Waals surface area contributed by atoms with Gasteiger partial charge in [-0.05, 0) is 28.7 Å². The predicted molar refractivity (Wildman–Crippen MR) is 67.2 cm³/mol. The summed E-state index contributed by atoms with van der Waals surface area (Å²) in [5.74, 6) is 0. The Kier molecular flexibility index (Phi) is 4.88. The van der Waals surface area contributed by atoms with Gasteiger partial charge in [-0.1, -0.05) is 0 Å². The number of halogens is 1. The van der Waals surface area contributed by atoms with Gasteiger partial charge in [0.15, 0.2) is 18.9 Å². The second kappa shape index (κ2) is 5.44. The topological polar surface area (TPSA) is 119 Å². The highest BCUT2D eigenvalue weighted by molar-refractivity contribution is 14.1. The maximum Gasteiger partial charge on any atom is 0.347 e. The first-order chi connectivity index (χ1) is 7.60. The molecule has 1 aromatic rings. The van der Waals surface area contributed by atoms with E-state index in [1.54, 1.807) is 18.3 Å². The molecule has 0 spiro atoms. The van der Waals surface area contributed by atoms with E-state index in [1.807, 2.05) is 22.6 Å². The fourth-order valence-electron chi connectivity index (χ4n) is 1.20. The van der Waals surface area contributed by atoms with Crippen LogP contribution >= 0.6 is 37.8 Å². The number of pyridine rings is 1. The molecule has 10 heteroatoms. The molecule has 0 fully saturated rings. The summed E-state index contributed by atoms with van der Waals surface area (Å²) in [6.45, 7) is -0.439. The summed E-state index contributed by atoms with van der Waals surface area (Å²) in [6.07, 6.45) is 3.03. The first-order valence-electron chi connectivity index (χ1n) is 4.36. The van der Waals surface area contributed by atoms with Crippen molar-refractivity contribution in [2.24, 2.45) is 0 Å². The van der Waals surface area contributed by atoms with Gasteiger partial charge in [0.2, 0.25) is 5.40 Å². The van der Waals surface area contributed by atoms with Crippen molar-refractivity contribution in [2.45, 2.75) is 11.9 Å². The molecule has 1 heterocycles. The molecule has 4 N–H and O–H groups in total. The lowest BCUT2D eigenvalue weighted by Crippen LogP contribution is -2.39. The lowest BCUT2D eigenvalue weighted by Gasteiger charge is -2.16. The maximum atomic E-state index is 11.1. The molecule has 0 radical (unpaired) electrons. The van der Waals surface area contributed by atoms with Crippen molar-refractivity contribution in [1.29, 1.82) is 0 Å². The van der Waals surface area contributed by atoms with Crippen molar-refractivity contribution in [3.05, 3.63) is 28.1 Å². The SMILES string of the molecule is O=P(O)(O)C(C[n+]1cccc(I)c1)P(=O)(O)O. The third kappa shape index (κ3) is 4.75. The van der Waals surface area contributed by atoms with Crippen LogP contribution < -0.4 is 4.57 Å². The largest absolute Gasteiger partial charge is 0.347 e. The molecule has 0 aromatic carbocycles. The minimum absolute atomic E-state index is 0.439. The van der Waals surface area contributed by atoms with Crippen LogP contribution in [0.5, 0.6) is 0 Å². The standard InChI is InChI=1S/C7H10INO6P2/c8-6-2-1-3-9(4-6)5-7(16(10,11)12)17(13,14)15/h1-4,7H,5H2,(H3-,10,11,12,13,14,15)/p+1. The van der Waals surface area contributed by atoms with E-state index in [4.69, 9.17) is 19.6 Å². The molecule has 0 unspecified atom stereocenters. The Morgan fingerprint density at radius 1 is 1.24 bits per heavy atom. The summed E-state index contributed by atoms with van der Waals surface area (Å²) in [5.41, 5.74) is 0. The van der Waals surface area contributed by atoms with Gasteiger partial charge >= 0.3 is 15.2 Å². The molecule has 0 bridgehead atoms. The normalized spacial score (nSPS) is 13.1. The van der Waals surface area contributed by atoms with Crippen LogP contribution in [0.25, 0.3) is 0 Å². The van der Waals surface area contributed by atoms with Crippen LogP contribution in [0.1, 0.15) is 0 Å². The zero-order valence-corrected chi connectivity index (χ0v) is 12.4. The average molecular weight is 394 g/mol. The first-order valence-corrected chi connectivity index (χ1v) is 8.80. The molecule has 0 amide bonds. The van der Waals surface area contributed by atoms with Gasteiger partial charge < -0.3 is 19.6 Å². The van der Waals surface area contributed by atoms with E-state index in [-0.39, 0.29) is 0 Å². The Balaban J connectivity index is 3.04. The van der Waals surface area contributed by atoms with Gasteiger partial charge in [-0.3, -0.25) is 9.13 Å². The molecule has 96 valence electrons. The third-order valence-electron chi connectivity index (χ3n) is 1.97. The second-order valence-corrected chi connectivity index (χ2v) is 8.63. The zero-order valence-electron chi connectivity index (χ0n) is 8.42. The van der Waals surface area contributed by atoms with Crippen LogP contribution in [0.2, 0.25) is 0 Å². The molecule has 7 nitrogen and oxygen atoms in total. The number of rotatable bonds is 4. The molecular formula is C7H11INO6P2+. The quantitative estimate of drug-likeness (QED) is 0.331. The smallest absolute Gasteiger partial charge is 0.324 e. The van der Waals surface area contributed by atoms with Crippen molar-refractivity contribution >= 4 is 37.8 Å². The Bertz CT molecular complexity index is 475. The van der Waals surface area contributed by atoms with Gasteiger partial charge in [-0.2, -0.15) is 0 Å². The number of hydrogen-bond donors (Lipinski definition) is 4. The molecule has 0 saturated carbocycles. The monoisotopic (exact) mass is 394 g/mol. The first kappa shape index (κ1) is 15.2. The van der Waals surface area contributed by atoms with Gasteiger partial charge in [-0.15, -0.1) is 0 Å². The highest BCUT2D eigenvalue weighted by Crippen LogP contribution is 2.59. The Labute approximate surface area is 111 Å². The molecule has 0 saturated heterocycles. The molecule has 0 atom stereocenters. The van der Waals surface area contributed by atoms with E-state index in [0.29, 0.717) is 0 Å². The van der Waals surface area contributed by atoms with Gasteiger partial charge in [0.05, 0.1) is 3.57 Å². The molecule has 0 aliphatic heterocycles. The Hall–Kier alpha value is 0.180. The highest BCUT2D eigenvalue weighted by atomic mass is 127. The van der Waals surface area contributed by atoms with Crippen molar-refractivity contribution < 1.29 is 33.3 Å². The summed E-state index contributed by atoms with van der Waals surface area (Å²) in [5, 5.41) is -2.02. The van der Waals surface area contributed by atoms with E-state index in [2.05, 4.69) is 0 Å². The predicted octanol–water partition coefficient (Wildman–Crippen LogP) is 0.260. The summed E-state index contributed by atoms with van der Waals surface area (Å²) < 4.78 is 24.2. The second-order valence-electron chi connectivity index (χ2n) is 3.38. The lowest BCUT2D eigenvalue weighted by molar-refractivity contribution is -0.695. The molecular weight excluding hydrogens is 383 g/mol. The van der Waals surface area contributed by atoms with Crippen molar-refractivity contribution in [3.63, 3.8) is 0 Å². The molecule has 0 aliphatic carbocycles. The van der Waals surface area contributed by atoms with Gasteiger partial charge in [0.25, 0.3) is 0 Å². The fourth-order valence-corrected chi connectivity index (χ4v) is 4.14. The summed E-state index contributed by atoms with van der Waals surface area (Å²) in [4.78, 5) is 35.8. The number of aromatic nitrogens is 1. The van der Waals surface area contributed by atoms with E-state index in [9.17, 15) is 9.13 Å². The Morgan fingerprint density at radius 3 is 2.18 bits per heavy atom. The summed E-state index contributed by atoms with van der Waals surface area (Å²) in [6, 6.07) is 3.37. The van der Waals surface area contributed by atoms with E-state index in [1.165, 1.54) is 10.8 Å². The summed E-state index contributed by atoms with van der Waals surface area (Å²) >= 11 is 1.99. The average Bonchev–Trinajstić information content (AvgIpc) is 2.10. The zero-order chi connectivity index (χ0) is 13.3. The van der Waals surface area contributed by atoms with Crippen molar-refractivity contribution in [2.75, 3.05) is 0 Å². The van der Waals surface area contributed by atoms with Crippen LogP contribution in [0.4, 0.5) is 0 Å². The molecule has 0 aliphatic rings. The summed E-state index contributed by atoms with van der Waals surface area (Å²) in [7, 11) is -9.73. The van der Waals surface area contributed by atoms with Crippen molar-refractivity contribution in [3.8, 4) is 0 Å². The molecule has 17 heavy (non-hydrogen) atoms. The minimum Gasteiger partial charge on any atom is -0.324 e. The van der Waals surface area contributed by atoms with Crippen LogP contribution in [0.3, 0.4) is 0 Å². The van der Waals surface area contributed by atoms with Crippen LogP contribution in [0, 0.1) is 3.57 Å². The van der Waals surface area contributed by atoms with Gasteiger partial charge in [0.1, 0.15) is 0 Å². The van der Waals surface area contributed by atoms with Crippen LogP contribution in [-0.4, -0.2) is 25.0 Å². The highest BCUT2D eigenvalue weighted by Gasteiger charge is 2.46.